The quantitative estimate of drug-likeness (QED) is 0.647. The first-order valence-corrected chi connectivity index (χ1v) is 10.0. The maximum absolute atomic E-state index is 12.5. The highest BCUT2D eigenvalue weighted by Crippen LogP contribution is 2.40. The Morgan fingerprint density at radius 3 is 2.24 bits per heavy atom. The molecule has 3 rings (SSSR count). The Kier molecular flexibility index (Phi) is 7.41. The predicted molar refractivity (Wildman–Crippen MR) is 112 cm³/mol. The molecule has 2 aromatic rings. The van der Waals surface area contributed by atoms with Crippen LogP contribution < -0.4 is 14.2 Å². The lowest BCUT2D eigenvalue weighted by Crippen LogP contribution is -2.48. The summed E-state index contributed by atoms with van der Waals surface area (Å²) in [4.78, 5) is 16.8. The molecule has 0 aliphatic carbocycles. The predicted octanol–water partition coefficient (Wildman–Crippen LogP) is 2.64. The molecule has 29 heavy (non-hydrogen) atoms. The number of carbonyl (C=O) groups excluding carboxylic acids is 1. The van der Waals surface area contributed by atoms with Crippen LogP contribution in [-0.2, 0) is 17.9 Å². The van der Waals surface area contributed by atoms with Gasteiger partial charge in [0.25, 0.3) is 0 Å². The first-order chi connectivity index (χ1) is 14.2. The van der Waals surface area contributed by atoms with Gasteiger partial charge in [-0.15, -0.1) is 0 Å². The molecule has 158 valence electrons. The number of nitrogens with zero attached hydrogens (tertiary/aromatic N) is 3. The summed E-state index contributed by atoms with van der Waals surface area (Å²) >= 11 is 0. The van der Waals surface area contributed by atoms with Crippen molar-refractivity contribution < 1.29 is 19.0 Å². The van der Waals surface area contributed by atoms with Gasteiger partial charge in [-0.3, -0.25) is 9.69 Å². The average Bonchev–Trinajstić information content (AvgIpc) is 3.27. The second-order valence-corrected chi connectivity index (χ2v) is 7.17. The molecule has 2 heterocycles. The molecule has 1 fully saturated rings. The van der Waals surface area contributed by atoms with E-state index in [-0.39, 0.29) is 5.91 Å². The van der Waals surface area contributed by atoms with Crippen LogP contribution in [0.4, 0.5) is 0 Å². The van der Waals surface area contributed by atoms with Gasteiger partial charge in [0.05, 0.1) is 21.3 Å². The van der Waals surface area contributed by atoms with Crippen molar-refractivity contribution in [2.75, 3.05) is 47.5 Å². The lowest BCUT2D eigenvalue weighted by molar-refractivity contribution is -0.133. The number of benzene rings is 1. The van der Waals surface area contributed by atoms with Gasteiger partial charge in [-0.2, -0.15) is 0 Å². The molecule has 7 heteroatoms. The van der Waals surface area contributed by atoms with Crippen molar-refractivity contribution in [3.63, 3.8) is 0 Å². The zero-order valence-electron chi connectivity index (χ0n) is 17.6. The normalized spacial score (nSPS) is 14.7. The van der Waals surface area contributed by atoms with E-state index >= 15 is 0 Å². The van der Waals surface area contributed by atoms with Gasteiger partial charge in [0.15, 0.2) is 11.5 Å². The summed E-state index contributed by atoms with van der Waals surface area (Å²) in [6.07, 6.45) is 5.54. The standard InChI is InChI=1S/C22H31N3O4/c1-27-19-9-8-18(21(28-2)22(19)29-3)17-24-13-15-25(16-14-24)20(26)7-6-12-23-10-4-5-11-23/h4-5,8-11H,6-7,12-17H2,1-3H3. The summed E-state index contributed by atoms with van der Waals surface area (Å²) in [7, 11) is 4.88. The van der Waals surface area contributed by atoms with Crippen molar-refractivity contribution in [2.24, 2.45) is 0 Å². The summed E-state index contributed by atoms with van der Waals surface area (Å²) in [6.45, 7) is 4.86. The molecule has 7 nitrogen and oxygen atoms in total. The SMILES string of the molecule is COc1ccc(CN2CCN(C(=O)CCCn3cccc3)CC2)c(OC)c1OC. The van der Waals surface area contributed by atoms with Crippen molar-refractivity contribution >= 4 is 5.91 Å². The summed E-state index contributed by atoms with van der Waals surface area (Å²) in [5.74, 6) is 2.23. The van der Waals surface area contributed by atoms with Crippen LogP contribution in [0.1, 0.15) is 18.4 Å². The van der Waals surface area contributed by atoms with Crippen molar-refractivity contribution in [1.82, 2.24) is 14.4 Å². The molecule has 0 radical (unpaired) electrons. The fraction of sp³-hybridized carbons (Fsp3) is 0.500. The lowest BCUT2D eigenvalue weighted by atomic mass is 10.1. The van der Waals surface area contributed by atoms with Gasteiger partial charge in [-0.1, -0.05) is 6.07 Å². The van der Waals surface area contributed by atoms with Crippen LogP contribution in [0, 0.1) is 0 Å². The molecule has 0 N–H and O–H groups in total. The average molecular weight is 402 g/mol. The number of piperazine rings is 1. The van der Waals surface area contributed by atoms with E-state index in [0.717, 1.165) is 51.3 Å². The topological polar surface area (TPSA) is 56.2 Å². The van der Waals surface area contributed by atoms with Crippen LogP contribution in [0.3, 0.4) is 0 Å². The second-order valence-electron chi connectivity index (χ2n) is 7.17. The van der Waals surface area contributed by atoms with E-state index in [1.54, 1.807) is 21.3 Å². The number of ether oxygens (including phenoxy) is 3. The Morgan fingerprint density at radius 1 is 0.931 bits per heavy atom. The van der Waals surface area contributed by atoms with Crippen molar-refractivity contribution in [1.29, 1.82) is 0 Å². The molecule has 1 aromatic heterocycles. The summed E-state index contributed by atoms with van der Waals surface area (Å²) < 4.78 is 18.5. The van der Waals surface area contributed by atoms with Gasteiger partial charge in [0, 0.05) is 63.6 Å². The van der Waals surface area contributed by atoms with Gasteiger partial charge in [0.2, 0.25) is 11.7 Å². The maximum Gasteiger partial charge on any atom is 0.222 e. The highest BCUT2D eigenvalue weighted by Gasteiger charge is 2.23. The summed E-state index contributed by atoms with van der Waals surface area (Å²) in [5.41, 5.74) is 1.05. The van der Waals surface area contributed by atoms with Gasteiger partial charge >= 0.3 is 0 Å². The van der Waals surface area contributed by atoms with Crippen molar-refractivity contribution in [3.8, 4) is 17.2 Å². The first-order valence-electron chi connectivity index (χ1n) is 10.0. The van der Waals surface area contributed by atoms with E-state index in [4.69, 9.17) is 14.2 Å². The van der Waals surface area contributed by atoms with Crippen LogP contribution in [0.2, 0.25) is 0 Å². The number of aromatic nitrogens is 1. The Hall–Kier alpha value is -2.67. The van der Waals surface area contributed by atoms with Crippen LogP contribution in [0.5, 0.6) is 17.2 Å². The molecule has 1 aliphatic rings. The lowest BCUT2D eigenvalue weighted by Gasteiger charge is -2.35. The molecule has 0 atom stereocenters. The van der Waals surface area contributed by atoms with Crippen LogP contribution in [-0.4, -0.2) is 67.8 Å². The Labute approximate surface area is 172 Å². The molecule has 0 saturated carbocycles. The van der Waals surface area contributed by atoms with Gasteiger partial charge < -0.3 is 23.7 Å². The molecule has 1 aliphatic heterocycles. The number of hydrogen-bond donors (Lipinski definition) is 0. The monoisotopic (exact) mass is 401 g/mol. The summed E-state index contributed by atoms with van der Waals surface area (Å²) in [6, 6.07) is 7.93. The third-order valence-corrected chi connectivity index (χ3v) is 5.38. The van der Waals surface area contributed by atoms with Gasteiger partial charge in [0.1, 0.15) is 0 Å². The molecular formula is C22H31N3O4. The minimum absolute atomic E-state index is 0.250. The molecule has 0 unspecified atom stereocenters. The van der Waals surface area contributed by atoms with Crippen LogP contribution in [0.25, 0.3) is 0 Å². The van der Waals surface area contributed by atoms with Gasteiger partial charge in [-0.25, -0.2) is 0 Å². The van der Waals surface area contributed by atoms with E-state index < -0.39 is 0 Å². The van der Waals surface area contributed by atoms with E-state index in [0.29, 0.717) is 23.7 Å². The molecule has 1 aromatic carbocycles. The highest BCUT2D eigenvalue weighted by atomic mass is 16.5. The number of methoxy groups -OCH3 is 3. The molecule has 1 saturated heterocycles. The van der Waals surface area contributed by atoms with Crippen molar-refractivity contribution in [3.05, 3.63) is 42.2 Å². The zero-order valence-corrected chi connectivity index (χ0v) is 17.6. The molecular weight excluding hydrogens is 370 g/mol. The van der Waals surface area contributed by atoms with Crippen LogP contribution in [0.15, 0.2) is 36.7 Å². The maximum atomic E-state index is 12.5. The smallest absolute Gasteiger partial charge is 0.222 e. The minimum Gasteiger partial charge on any atom is -0.493 e. The van der Waals surface area contributed by atoms with E-state index in [1.165, 1.54) is 0 Å². The van der Waals surface area contributed by atoms with Crippen molar-refractivity contribution in [2.45, 2.75) is 25.9 Å². The minimum atomic E-state index is 0.250. The Balaban J connectivity index is 1.50. The van der Waals surface area contributed by atoms with E-state index in [2.05, 4.69) is 9.47 Å². The van der Waals surface area contributed by atoms with Crippen LogP contribution >= 0.6 is 0 Å². The number of hydrogen-bond acceptors (Lipinski definition) is 5. The fourth-order valence-corrected chi connectivity index (χ4v) is 3.77. The number of aryl methyl sites for hydroxylation is 1. The zero-order chi connectivity index (χ0) is 20.6. The molecule has 0 spiro atoms. The van der Waals surface area contributed by atoms with E-state index in [1.807, 2.05) is 41.6 Å². The fourth-order valence-electron chi connectivity index (χ4n) is 3.77. The highest BCUT2D eigenvalue weighted by molar-refractivity contribution is 5.76. The molecule has 1 amide bonds. The summed E-state index contributed by atoms with van der Waals surface area (Å²) in [5, 5.41) is 0. The largest absolute Gasteiger partial charge is 0.493 e. The third kappa shape index (κ3) is 5.23. The number of carbonyl (C=O) groups is 1. The Morgan fingerprint density at radius 2 is 1.62 bits per heavy atom. The van der Waals surface area contributed by atoms with Gasteiger partial charge in [-0.05, 0) is 24.6 Å². The number of rotatable bonds is 9. The second kappa shape index (κ2) is 10.2. The molecule has 0 bridgehead atoms. The third-order valence-electron chi connectivity index (χ3n) is 5.38. The first kappa shape index (κ1) is 21.0. The van der Waals surface area contributed by atoms with E-state index in [9.17, 15) is 4.79 Å². The Bertz CT molecular complexity index is 784. The number of amides is 1.